The van der Waals surface area contributed by atoms with Gasteiger partial charge in [-0.25, -0.2) is 0 Å². The topological polar surface area (TPSA) is 194 Å². The van der Waals surface area contributed by atoms with Gasteiger partial charge in [-0.05, 0) is 5.92 Å². The summed E-state index contributed by atoms with van der Waals surface area (Å²) in [6.45, 7) is 2.53. The molecule has 142 valence electrons. The van der Waals surface area contributed by atoms with Crippen molar-refractivity contribution in [3.63, 3.8) is 0 Å². The second-order valence-corrected chi connectivity index (χ2v) is 5.48. The van der Waals surface area contributed by atoms with E-state index < -0.39 is 54.6 Å². The first-order valence-electron chi connectivity index (χ1n) is 7.69. The van der Waals surface area contributed by atoms with Gasteiger partial charge in [-0.15, -0.1) is 0 Å². The molecule has 0 spiro atoms. The number of carboxylic acids is 1. The molecule has 4 amide bonds. The quantitative estimate of drug-likeness (QED) is 0.227. The third-order valence-corrected chi connectivity index (χ3v) is 3.45. The Bertz CT molecular complexity index is 524. The minimum absolute atomic E-state index is 0.271. The third kappa shape index (κ3) is 8.65. The highest BCUT2D eigenvalue weighted by atomic mass is 16.4. The Morgan fingerprint density at radius 1 is 1.08 bits per heavy atom. The summed E-state index contributed by atoms with van der Waals surface area (Å²) in [5.41, 5.74) is 10.3. The number of nitrogens with one attached hydrogen (secondary N) is 3. The van der Waals surface area contributed by atoms with Crippen molar-refractivity contribution in [3.8, 4) is 0 Å². The zero-order valence-electron chi connectivity index (χ0n) is 14.2. The lowest BCUT2D eigenvalue weighted by Gasteiger charge is -2.25. The van der Waals surface area contributed by atoms with Gasteiger partial charge in [0.2, 0.25) is 23.6 Å². The van der Waals surface area contributed by atoms with E-state index in [1.807, 2.05) is 0 Å². The van der Waals surface area contributed by atoms with Crippen LogP contribution in [0.25, 0.3) is 0 Å². The monoisotopic (exact) mass is 359 g/mol. The van der Waals surface area contributed by atoms with Crippen LogP contribution < -0.4 is 27.4 Å². The minimum Gasteiger partial charge on any atom is -0.480 e. The lowest BCUT2D eigenvalue weighted by Crippen LogP contribution is -2.57. The van der Waals surface area contributed by atoms with Crippen LogP contribution in [0.5, 0.6) is 0 Å². The molecule has 0 aromatic heterocycles. The molecule has 0 rings (SSSR count). The van der Waals surface area contributed by atoms with E-state index in [4.69, 9.17) is 16.6 Å². The highest BCUT2D eigenvalue weighted by Gasteiger charge is 2.30. The standard InChI is InChI=1S/C14H25N5O6/c1-3-7(2)12(19-10(21)5-15)14(25)18-8(4-9(16)20)13(24)17-6-11(22)23/h7-8,12H,3-6,15H2,1-2H3,(H2,16,20)(H,17,24)(H,18,25)(H,19,21)(H,22,23). The molecule has 0 heterocycles. The van der Waals surface area contributed by atoms with Gasteiger partial charge in [0, 0.05) is 0 Å². The van der Waals surface area contributed by atoms with E-state index in [0.29, 0.717) is 6.42 Å². The van der Waals surface area contributed by atoms with Crippen LogP contribution in [0, 0.1) is 5.92 Å². The first-order chi connectivity index (χ1) is 11.6. The van der Waals surface area contributed by atoms with Crippen molar-refractivity contribution >= 4 is 29.6 Å². The van der Waals surface area contributed by atoms with E-state index in [0.717, 1.165) is 0 Å². The zero-order chi connectivity index (χ0) is 19.6. The molecule has 0 saturated carbocycles. The van der Waals surface area contributed by atoms with Gasteiger partial charge >= 0.3 is 5.97 Å². The Balaban J connectivity index is 5.16. The van der Waals surface area contributed by atoms with Gasteiger partial charge < -0.3 is 32.5 Å². The number of rotatable bonds is 11. The lowest BCUT2D eigenvalue weighted by molar-refractivity contribution is -0.138. The fourth-order valence-corrected chi connectivity index (χ4v) is 1.89. The predicted molar refractivity (Wildman–Crippen MR) is 86.8 cm³/mol. The van der Waals surface area contributed by atoms with Crippen molar-refractivity contribution < 1.29 is 29.1 Å². The average Bonchev–Trinajstić information content (AvgIpc) is 2.55. The van der Waals surface area contributed by atoms with E-state index >= 15 is 0 Å². The molecule has 0 aromatic carbocycles. The molecule has 11 heteroatoms. The number of carboxylic acid groups (broad SMARTS) is 1. The van der Waals surface area contributed by atoms with Crippen LogP contribution in [0.2, 0.25) is 0 Å². The van der Waals surface area contributed by atoms with Gasteiger partial charge in [-0.1, -0.05) is 20.3 Å². The molecule has 0 aromatic rings. The molecule has 25 heavy (non-hydrogen) atoms. The van der Waals surface area contributed by atoms with Gasteiger partial charge in [-0.2, -0.15) is 0 Å². The normalized spacial score (nSPS) is 13.9. The number of aliphatic carboxylic acids is 1. The predicted octanol–water partition coefficient (Wildman–Crippen LogP) is -2.96. The van der Waals surface area contributed by atoms with Gasteiger partial charge in [0.25, 0.3) is 0 Å². The number of carbonyl (C=O) groups excluding carboxylic acids is 4. The molecular formula is C14H25N5O6. The summed E-state index contributed by atoms with van der Waals surface area (Å²) in [7, 11) is 0. The van der Waals surface area contributed by atoms with Gasteiger partial charge in [0.15, 0.2) is 0 Å². The van der Waals surface area contributed by atoms with Crippen molar-refractivity contribution in [1.29, 1.82) is 0 Å². The summed E-state index contributed by atoms with van der Waals surface area (Å²) in [5, 5.41) is 15.4. The van der Waals surface area contributed by atoms with Crippen LogP contribution in [-0.2, 0) is 24.0 Å². The lowest BCUT2D eigenvalue weighted by atomic mass is 9.97. The summed E-state index contributed by atoms with van der Waals surface area (Å²) in [4.78, 5) is 57.5. The fraction of sp³-hybridized carbons (Fsp3) is 0.643. The molecule has 8 N–H and O–H groups in total. The molecule has 0 aliphatic carbocycles. The molecule has 0 saturated heterocycles. The molecule has 0 bridgehead atoms. The van der Waals surface area contributed by atoms with Crippen molar-refractivity contribution in [2.75, 3.05) is 13.1 Å². The van der Waals surface area contributed by atoms with Crippen molar-refractivity contribution in [2.24, 2.45) is 17.4 Å². The maximum absolute atomic E-state index is 12.4. The number of amides is 4. The average molecular weight is 359 g/mol. The van der Waals surface area contributed by atoms with Crippen molar-refractivity contribution in [3.05, 3.63) is 0 Å². The van der Waals surface area contributed by atoms with Gasteiger partial charge in [0.1, 0.15) is 18.6 Å². The maximum atomic E-state index is 12.4. The summed E-state index contributed by atoms with van der Waals surface area (Å²) in [6, 6.07) is -2.32. The first-order valence-corrected chi connectivity index (χ1v) is 7.69. The minimum atomic E-state index is -1.36. The van der Waals surface area contributed by atoms with Crippen LogP contribution in [0.3, 0.4) is 0 Å². The van der Waals surface area contributed by atoms with E-state index in [1.54, 1.807) is 13.8 Å². The number of primary amides is 1. The first kappa shape index (κ1) is 22.3. The van der Waals surface area contributed by atoms with Crippen LogP contribution in [0.4, 0.5) is 0 Å². The zero-order valence-corrected chi connectivity index (χ0v) is 14.2. The highest BCUT2D eigenvalue weighted by molar-refractivity contribution is 5.95. The Labute approximate surface area is 144 Å². The molecule has 0 aliphatic rings. The molecule has 11 nitrogen and oxygen atoms in total. The Morgan fingerprint density at radius 2 is 1.68 bits per heavy atom. The molecule has 3 atom stereocenters. The van der Waals surface area contributed by atoms with Gasteiger partial charge in [0.05, 0.1) is 13.0 Å². The highest BCUT2D eigenvalue weighted by Crippen LogP contribution is 2.08. The number of nitrogens with two attached hydrogens (primary N) is 2. The summed E-state index contributed by atoms with van der Waals surface area (Å²) in [6.07, 6.45) is 0.0316. The van der Waals surface area contributed by atoms with Gasteiger partial charge in [-0.3, -0.25) is 24.0 Å². The van der Waals surface area contributed by atoms with E-state index in [1.165, 1.54) is 0 Å². The molecule has 3 unspecified atom stereocenters. The smallest absolute Gasteiger partial charge is 0.322 e. The Hall–Kier alpha value is -2.69. The summed E-state index contributed by atoms with van der Waals surface area (Å²) in [5.74, 6) is -4.54. The fourth-order valence-electron chi connectivity index (χ4n) is 1.89. The van der Waals surface area contributed by atoms with E-state index in [9.17, 15) is 24.0 Å². The number of hydrogen-bond donors (Lipinski definition) is 6. The van der Waals surface area contributed by atoms with Crippen LogP contribution in [0.1, 0.15) is 26.7 Å². The summed E-state index contributed by atoms with van der Waals surface area (Å²) < 4.78 is 0. The van der Waals surface area contributed by atoms with E-state index in [2.05, 4.69) is 16.0 Å². The number of hydrogen-bond acceptors (Lipinski definition) is 6. The second-order valence-electron chi connectivity index (χ2n) is 5.48. The van der Waals surface area contributed by atoms with Crippen molar-refractivity contribution in [1.82, 2.24) is 16.0 Å². The molecule has 0 aliphatic heterocycles. The van der Waals surface area contributed by atoms with Crippen molar-refractivity contribution in [2.45, 2.75) is 38.8 Å². The molecule has 0 radical (unpaired) electrons. The third-order valence-electron chi connectivity index (χ3n) is 3.45. The van der Waals surface area contributed by atoms with Crippen LogP contribution >= 0.6 is 0 Å². The SMILES string of the molecule is CCC(C)C(NC(=O)CN)C(=O)NC(CC(N)=O)C(=O)NCC(=O)O. The van der Waals surface area contributed by atoms with Crippen LogP contribution in [-0.4, -0.2) is 59.9 Å². The Morgan fingerprint density at radius 3 is 2.12 bits per heavy atom. The molecular weight excluding hydrogens is 334 g/mol. The summed E-state index contributed by atoms with van der Waals surface area (Å²) >= 11 is 0. The maximum Gasteiger partial charge on any atom is 0.322 e. The Kier molecular flexibility index (Phi) is 9.79. The molecule has 0 fully saturated rings. The van der Waals surface area contributed by atoms with E-state index in [-0.39, 0.29) is 12.5 Å². The van der Waals surface area contributed by atoms with Crippen LogP contribution in [0.15, 0.2) is 0 Å². The largest absolute Gasteiger partial charge is 0.480 e. The second kappa shape index (κ2) is 11.0. The number of carbonyl (C=O) groups is 5.